The molecule has 0 spiro atoms. The minimum atomic E-state index is -1.15. The molecule has 0 aromatic rings. The van der Waals surface area contributed by atoms with E-state index in [1.807, 2.05) is 11.9 Å². The van der Waals surface area contributed by atoms with Gasteiger partial charge in [0, 0.05) is 38.5 Å². The summed E-state index contributed by atoms with van der Waals surface area (Å²) in [5.41, 5.74) is 0.368. The third kappa shape index (κ3) is 6.52. The first-order valence-corrected chi connectivity index (χ1v) is 20.4. The Labute approximate surface area is 308 Å². The summed E-state index contributed by atoms with van der Waals surface area (Å²) in [6, 6.07) is 0. The Morgan fingerprint density at radius 1 is 0.980 bits per heavy atom. The van der Waals surface area contributed by atoms with Crippen LogP contribution in [0.25, 0.3) is 0 Å². The molecule has 51 heavy (non-hydrogen) atoms. The van der Waals surface area contributed by atoms with Crippen LogP contribution in [0.2, 0.25) is 0 Å². The zero-order valence-electron chi connectivity index (χ0n) is 33.4. The maximum atomic E-state index is 14.0. The number of likely N-dealkylation sites (N-methyl/N-ethyl adjacent to an activating group) is 1. The van der Waals surface area contributed by atoms with Crippen LogP contribution in [-0.2, 0) is 23.9 Å². The number of amides is 1. The Bertz CT molecular complexity index is 1370. The van der Waals surface area contributed by atoms with Crippen molar-refractivity contribution in [1.82, 2.24) is 10.2 Å². The Morgan fingerprint density at radius 2 is 1.71 bits per heavy atom. The predicted octanol–water partition coefficient (Wildman–Crippen LogP) is 7.75. The van der Waals surface area contributed by atoms with E-state index < -0.39 is 17.4 Å². The molecule has 8 heteroatoms. The fourth-order valence-corrected chi connectivity index (χ4v) is 14.0. The lowest BCUT2D eigenvalue weighted by Gasteiger charge is -2.73. The standard InChI is InChI=1S/C43H70N2O6/c1-26(2)29-11-12-30-27(21-35(46)45(10)25-28-24-44-19-20-50-28)22-43(9)31(37(29)30)13-14-33-41(7)17-16-34(51-36(47)23-39(3,4)38(48)49)40(5,6)32(41)15-18-42(33,43)8/h27-34,37,44H,1,11-25H2,2-10H3,(H,48,49)/t27-,28?,29-,30?,31+,32-,33+,34-,37-,41-,42+,43+/m0/s1. The van der Waals surface area contributed by atoms with Gasteiger partial charge in [-0.25, -0.2) is 0 Å². The van der Waals surface area contributed by atoms with E-state index in [1.165, 1.54) is 31.3 Å². The van der Waals surface area contributed by atoms with Crippen LogP contribution in [0.15, 0.2) is 12.2 Å². The van der Waals surface area contributed by atoms with E-state index in [0.717, 1.165) is 45.2 Å². The number of hydrogen-bond donors (Lipinski definition) is 2. The van der Waals surface area contributed by atoms with Gasteiger partial charge in [0.25, 0.3) is 0 Å². The van der Waals surface area contributed by atoms with Crippen molar-refractivity contribution >= 4 is 17.8 Å². The topological polar surface area (TPSA) is 105 Å². The molecule has 2 unspecified atom stereocenters. The number of carbonyl (C=O) groups is 3. The van der Waals surface area contributed by atoms with Gasteiger partial charge in [-0.05, 0) is 136 Å². The first kappa shape index (κ1) is 38.8. The summed E-state index contributed by atoms with van der Waals surface area (Å²) in [4.78, 5) is 40.8. The Hall–Kier alpha value is -1.93. The molecule has 2 N–H and O–H groups in total. The number of nitrogens with one attached hydrogen (secondary N) is 1. The molecule has 0 aromatic heterocycles. The SMILES string of the molecule is C=C(C)[C@@H]1CCC2[C@@H](CC(=O)N(C)CC3CNCCO3)C[C@]3(C)[C@H](CC[C@@H]4[C@@]5(C)CC[C@H](OC(=O)CC(C)(C)C(=O)O)C(C)(C)[C@@H]5CC[C@]43C)[C@H]21. The first-order chi connectivity index (χ1) is 23.8. The van der Waals surface area contributed by atoms with Crippen molar-refractivity contribution in [3.8, 4) is 0 Å². The zero-order valence-corrected chi connectivity index (χ0v) is 33.4. The summed E-state index contributed by atoms with van der Waals surface area (Å²) in [6.07, 6.45) is 10.5. The number of morpholine rings is 1. The number of aliphatic carboxylic acids is 1. The average molecular weight is 711 g/mol. The molecule has 1 saturated heterocycles. The summed E-state index contributed by atoms with van der Waals surface area (Å²) < 4.78 is 12.2. The molecule has 288 valence electrons. The second kappa shape index (κ2) is 13.7. The van der Waals surface area contributed by atoms with Crippen LogP contribution >= 0.6 is 0 Å². The van der Waals surface area contributed by atoms with E-state index in [0.29, 0.717) is 61.0 Å². The molecule has 1 amide bonds. The van der Waals surface area contributed by atoms with Gasteiger partial charge in [0.15, 0.2) is 0 Å². The van der Waals surface area contributed by atoms with Crippen molar-refractivity contribution in [2.45, 2.75) is 138 Å². The lowest BCUT2D eigenvalue weighted by molar-refractivity contribution is -0.249. The first-order valence-electron chi connectivity index (χ1n) is 20.4. The molecule has 6 rings (SSSR count). The van der Waals surface area contributed by atoms with Gasteiger partial charge in [-0.15, -0.1) is 0 Å². The van der Waals surface area contributed by atoms with E-state index in [9.17, 15) is 19.5 Å². The fraction of sp³-hybridized carbons (Fsp3) is 0.884. The average Bonchev–Trinajstić information content (AvgIpc) is 3.49. The number of fused-ring (bicyclic) bond motifs is 7. The van der Waals surface area contributed by atoms with Crippen molar-refractivity contribution < 1.29 is 29.0 Å². The summed E-state index contributed by atoms with van der Waals surface area (Å²) >= 11 is 0. The van der Waals surface area contributed by atoms with Gasteiger partial charge < -0.3 is 24.8 Å². The van der Waals surface area contributed by atoms with E-state index >= 15 is 0 Å². The summed E-state index contributed by atoms with van der Waals surface area (Å²) in [6.45, 7) is 25.5. The normalized spacial score (nSPS) is 43.1. The second-order valence-electron chi connectivity index (χ2n) is 20.3. The molecule has 5 aliphatic carbocycles. The van der Waals surface area contributed by atoms with Gasteiger partial charge >= 0.3 is 11.9 Å². The Morgan fingerprint density at radius 3 is 2.35 bits per heavy atom. The molecule has 6 fully saturated rings. The molecule has 6 aliphatic rings. The van der Waals surface area contributed by atoms with Crippen molar-refractivity contribution in [3.63, 3.8) is 0 Å². The number of hydrogen-bond acceptors (Lipinski definition) is 6. The van der Waals surface area contributed by atoms with Gasteiger partial charge in [0.1, 0.15) is 6.10 Å². The molecular formula is C43H70N2O6. The number of ether oxygens (including phenoxy) is 2. The molecule has 1 heterocycles. The van der Waals surface area contributed by atoms with Crippen LogP contribution in [0.3, 0.4) is 0 Å². The maximum Gasteiger partial charge on any atom is 0.309 e. The minimum absolute atomic E-state index is 0.0568. The maximum absolute atomic E-state index is 14.0. The van der Waals surface area contributed by atoms with Crippen molar-refractivity contribution in [2.24, 2.45) is 68.5 Å². The van der Waals surface area contributed by atoms with E-state index in [-0.39, 0.29) is 46.2 Å². The molecular weight excluding hydrogens is 640 g/mol. The lowest BCUT2D eigenvalue weighted by atomic mass is 9.32. The highest BCUT2D eigenvalue weighted by molar-refractivity contribution is 5.81. The lowest BCUT2D eigenvalue weighted by Crippen LogP contribution is -2.66. The summed E-state index contributed by atoms with van der Waals surface area (Å²) in [5, 5.41) is 13.0. The van der Waals surface area contributed by atoms with Crippen LogP contribution in [0, 0.1) is 68.5 Å². The van der Waals surface area contributed by atoms with Crippen LogP contribution in [0.1, 0.15) is 126 Å². The number of carboxylic acids is 1. The molecule has 0 aromatic carbocycles. The second-order valence-corrected chi connectivity index (χ2v) is 20.3. The third-order valence-electron chi connectivity index (χ3n) is 16.8. The minimum Gasteiger partial charge on any atom is -0.481 e. The van der Waals surface area contributed by atoms with Gasteiger partial charge in [0.2, 0.25) is 5.91 Å². The van der Waals surface area contributed by atoms with E-state index in [4.69, 9.17) is 9.47 Å². The number of nitrogens with zero attached hydrogens (tertiary/aromatic N) is 1. The quantitative estimate of drug-likeness (QED) is 0.186. The van der Waals surface area contributed by atoms with E-state index in [2.05, 4.69) is 53.4 Å². The van der Waals surface area contributed by atoms with Crippen molar-refractivity contribution in [1.29, 1.82) is 0 Å². The van der Waals surface area contributed by atoms with Gasteiger partial charge in [-0.3, -0.25) is 14.4 Å². The molecule has 5 saturated carbocycles. The third-order valence-corrected chi connectivity index (χ3v) is 16.8. The highest BCUT2D eigenvalue weighted by atomic mass is 16.5. The molecule has 0 bridgehead atoms. The van der Waals surface area contributed by atoms with E-state index in [1.54, 1.807) is 13.8 Å². The number of rotatable bonds is 9. The van der Waals surface area contributed by atoms with Crippen molar-refractivity contribution in [3.05, 3.63) is 12.2 Å². The molecule has 0 radical (unpaired) electrons. The van der Waals surface area contributed by atoms with Gasteiger partial charge in [-0.1, -0.05) is 46.8 Å². The Balaban J connectivity index is 1.25. The number of allylic oxidation sites excluding steroid dienone is 1. The monoisotopic (exact) mass is 711 g/mol. The fourth-order valence-electron chi connectivity index (χ4n) is 14.0. The number of carbonyl (C=O) groups excluding carboxylic acids is 2. The smallest absolute Gasteiger partial charge is 0.309 e. The highest BCUT2D eigenvalue weighted by Crippen LogP contribution is 2.77. The predicted molar refractivity (Wildman–Crippen MR) is 200 cm³/mol. The number of carboxylic acid groups (broad SMARTS) is 1. The summed E-state index contributed by atoms with van der Waals surface area (Å²) in [5.74, 6) is 2.60. The Kier molecular flexibility index (Phi) is 10.4. The zero-order chi connectivity index (χ0) is 37.3. The van der Waals surface area contributed by atoms with Crippen LogP contribution < -0.4 is 5.32 Å². The van der Waals surface area contributed by atoms with Crippen molar-refractivity contribution in [2.75, 3.05) is 33.3 Å². The van der Waals surface area contributed by atoms with Crippen LogP contribution in [-0.4, -0.2) is 73.3 Å². The van der Waals surface area contributed by atoms with Gasteiger partial charge in [0.05, 0.1) is 24.5 Å². The highest BCUT2D eigenvalue weighted by Gasteiger charge is 2.70. The molecule has 8 nitrogen and oxygen atoms in total. The molecule has 1 aliphatic heterocycles. The number of esters is 1. The summed E-state index contributed by atoms with van der Waals surface area (Å²) in [7, 11) is 1.97. The molecule has 12 atom stereocenters. The van der Waals surface area contributed by atoms with Gasteiger partial charge in [-0.2, -0.15) is 0 Å². The van der Waals surface area contributed by atoms with Crippen LogP contribution in [0.4, 0.5) is 0 Å². The largest absolute Gasteiger partial charge is 0.481 e. The van der Waals surface area contributed by atoms with Crippen LogP contribution in [0.5, 0.6) is 0 Å².